The number of para-hydroxylation sites is 2. The molecule has 2 aromatic rings. The molecule has 24 heavy (non-hydrogen) atoms. The molecule has 1 aliphatic heterocycles. The van der Waals surface area contributed by atoms with Crippen LogP contribution in [0.1, 0.15) is 31.1 Å². The zero-order valence-electron chi connectivity index (χ0n) is 14.0. The molecule has 0 saturated heterocycles. The van der Waals surface area contributed by atoms with E-state index in [1.54, 1.807) is 23.1 Å². The van der Waals surface area contributed by atoms with Crippen LogP contribution in [0.15, 0.2) is 42.5 Å². The first kappa shape index (κ1) is 16.1. The van der Waals surface area contributed by atoms with E-state index in [2.05, 4.69) is 5.32 Å². The van der Waals surface area contributed by atoms with Crippen LogP contribution in [0.4, 0.5) is 11.4 Å². The van der Waals surface area contributed by atoms with E-state index in [1.807, 2.05) is 45.0 Å². The highest BCUT2D eigenvalue weighted by molar-refractivity contribution is 6.10. The van der Waals surface area contributed by atoms with Crippen LogP contribution in [0.3, 0.4) is 0 Å². The molecule has 124 valence electrons. The van der Waals surface area contributed by atoms with Crippen LogP contribution in [-0.4, -0.2) is 18.4 Å². The number of fused-ring (bicyclic) bond motifs is 2. The number of carbonyl (C=O) groups is 2. The number of hydrogen-bond donors (Lipinski definition) is 1. The third-order valence-corrected chi connectivity index (χ3v) is 3.94. The summed E-state index contributed by atoms with van der Waals surface area (Å²) in [5.41, 5.74) is 1.77. The molecule has 0 unspecified atom stereocenters. The Morgan fingerprint density at radius 3 is 2.62 bits per heavy atom. The molecule has 0 aromatic heterocycles. The fraction of sp³-hybridized carbons (Fsp3) is 0.263. The molecular weight excluding hydrogens is 304 g/mol. The van der Waals surface area contributed by atoms with Crippen molar-refractivity contribution in [1.29, 1.82) is 0 Å². The molecular formula is C19H20N2O3. The Hall–Kier alpha value is -2.82. The normalized spacial score (nSPS) is 13.0. The summed E-state index contributed by atoms with van der Waals surface area (Å²) < 4.78 is 5.94. The van der Waals surface area contributed by atoms with Gasteiger partial charge in [0.15, 0.2) is 5.75 Å². The van der Waals surface area contributed by atoms with Gasteiger partial charge in [-0.3, -0.25) is 9.59 Å². The number of nitrogens with one attached hydrogen (secondary N) is 1. The first-order valence-electron chi connectivity index (χ1n) is 8.05. The fourth-order valence-corrected chi connectivity index (χ4v) is 2.60. The Bertz CT molecular complexity index is 799. The largest absolute Gasteiger partial charge is 0.454 e. The molecule has 1 heterocycles. The van der Waals surface area contributed by atoms with Crippen LogP contribution >= 0.6 is 0 Å². The van der Waals surface area contributed by atoms with E-state index in [0.29, 0.717) is 29.3 Å². The van der Waals surface area contributed by atoms with Gasteiger partial charge in [0.05, 0.1) is 11.3 Å². The summed E-state index contributed by atoms with van der Waals surface area (Å²) in [5.74, 6) is 0.772. The molecule has 0 atom stereocenters. The summed E-state index contributed by atoms with van der Waals surface area (Å²) in [6.07, 6.45) is 0. The zero-order chi connectivity index (χ0) is 17.3. The maximum absolute atomic E-state index is 12.9. The molecule has 0 aliphatic carbocycles. The van der Waals surface area contributed by atoms with E-state index in [-0.39, 0.29) is 17.7 Å². The van der Waals surface area contributed by atoms with E-state index in [0.717, 1.165) is 5.69 Å². The summed E-state index contributed by atoms with van der Waals surface area (Å²) >= 11 is 0. The quantitative estimate of drug-likeness (QED) is 0.926. The number of rotatable bonds is 3. The Kier molecular flexibility index (Phi) is 4.25. The smallest absolute Gasteiger partial charge is 0.262 e. The maximum atomic E-state index is 12.9. The lowest BCUT2D eigenvalue weighted by Crippen LogP contribution is -2.29. The average molecular weight is 324 g/mol. The molecule has 3 rings (SSSR count). The monoisotopic (exact) mass is 324 g/mol. The number of ether oxygens (including phenoxy) is 1. The topological polar surface area (TPSA) is 58.6 Å². The summed E-state index contributed by atoms with van der Waals surface area (Å²) in [5, 5.41) is 2.82. The van der Waals surface area contributed by atoms with Gasteiger partial charge in [0.1, 0.15) is 5.75 Å². The summed E-state index contributed by atoms with van der Waals surface area (Å²) in [7, 11) is 0. The highest BCUT2D eigenvalue weighted by Gasteiger charge is 2.27. The molecule has 2 aromatic carbocycles. The number of anilines is 2. The van der Waals surface area contributed by atoms with Crippen molar-refractivity contribution in [2.24, 2.45) is 5.92 Å². The lowest BCUT2D eigenvalue weighted by Gasteiger charge is -2.19. The third-order valence-electron chi connectivity index (χ3n) is 3.94. The Morgan fingerprint density at radius 2 is 1.92 bits per heavy atom. The highest BCUT2D eigenvalue weighted by atomic mass is 16.5. The summed E-state index contributed by atoms with van der Waals surface area (Å²) in [6.45, 7) is 6.09. The van der Waals surface area contributed by atoms with E-state index in [1.165, 1.54) is 0 Å². The van der Waals surface area contributed by atoms with Crippen molar-refractivity contribution in [1.82, 2.24) is 0 Å². The number of benzene rings is 2. The van der Waals surface area contributed by atoms with Crippen LogP contribution in [0, 0.1) is 5.92 Å². The molecule has 1 aliphatic rings. The van der Waals surface area contributed by atoms with Crippen molar-refractivity contribution in [3.8, 4) is 11.5 Å². The Balaban J connectivity index is 2.03. The second-order valence-electron chi connectivity index (χ2n) is 5.97. The molecule has 0 bridgehead atoms. The minimum Gasteiger partial charge on any atom is -0.454 e. The van der Waals surface area contributed by atoms with Gasteiger partial charge < -0.3 is 15.0 Å². The summed E-state index contributed by atoms with van der Waals surface area (Å²) in [4.78, 5) is 26.5. The molecule has 0 spiro atoms. The van der Waals surface area contributed by atoms with Crippen LogP contribution in [0.5, 0.6) is 11.5 Å². The van der Waals surface area contributed by atoms with Crippen molar-refractivity contribution < 1.29 is 14.3 Å². The van der Waals surface area contributed by atoms with Crippen LogP contribution < -0.4 is 15.0 Å². The molecule has 1 N–H and O–H groups in total. The van der Waals surface area contributed by atoms with Gasteiger partial charge in [-0.1, -0.05) is 26.0 Å². The highest BCUT2D eigenvalue weighted by Crippen LogP contribution is 2.39. The number of hydrogen-bond acceptors (Lipinski definition) is 3. The first-order valence-corrected chi connectivity index (χ1v) is 8.05. The second kappa shape index (κ2) is 6.35. The maximum Gasteiger partial charge on any atom is 0.262 e. The van der Waals surface area contributed by atoms with Crippen molar-refractivity contribution in [2.45, 2.75) is 20.8 Å². The Labute approximate surface area is 141 Å². The van der Waals surface area contributed by atoms with Crippen molar-refractivity contribution in [2.75, 3.05) is 16.8 Å². The minimum absolute atomic E-state index is 0.0902. The third kappa shape index (κ3) is 2.85. The molecule has 0 saturated carbocycles. The van der Waals surface area contributed by atoms with Crippen molar-refractivity contribution in [3.05, 3.63) is 48.0 Å². The van der Waals surface area contributed by atoms with Gasteiger partial charge in [-0.25, -0.2) is 0 Å². The van der Waals surface area contributed by atoms with Crippen LogP contribution in [0.25, 0.3) is 0 Å². The standard InChI is InChI=1S/C19H20N2O3/c1-4-21-15-7-5-6-8-17(15)24-16-10-9-13(11-14(16)19(21)23)20-18(22)12(2)3/h5-12H,4H2,1-3H3,(H,20,22). The molecule has 2 amide bonds. The van der Waals surface area contributed by atoms with Gasteiger partial charge in [-0.15, -0.1) is 0 Å². The van der Waals surface area contributed by atoms with E-state index >= 15 is 0 Å². The molecule has 0 fully saturated rings. The van der Waals surface area contributed by atoms with Crippen molar-refractivity contribution in [3.63, 3.8) is 0 Å². The zero-order valence-corrected chi connectivity index (χ0v) is 14.0. The predicted octanol–water partition coefficient (Wildman–Crippen LogP) is 4.05. The number of nitrogens with zero attached hydrogens (tertiary/aromatic N) is 1. The van der Waals surface area contributed by atoms with Gasteiger partial charge >= 0.3 is 0 Å². The SMILES string of the molecule is CCN1C(=O)c2cc(NC(=O)C(C)C)ccc2Oc2ccccc21. The van der Waals surface area contributed by atoms with Gasteiger partial charge in [-0.2, -0.15) is 0 Å². The average Bonchev–Trinajstić information content (AvgIpc) is 2.69. The van der Waals surface area contributed by atoms with E-state index in [9.17, 15) is 9.59 Å². The summed E-state index contributed by atoms with van der Waals surface area (Å²) in [6, 6.07) is 12.6. The Morgan fingerprint density at radius 1 is 1.17 bits per heavy atom. The van der Waals surface area contributed by atoms with Crippen LogP contribution in [0.2, 0.25) is 0 Å². The van der Waals surface area contributed by atoms with E-state index in [4.69, 9.17) is 4.74 Å². The van der Waals surface area contributed by atoms with Gasteiger partial charge in [0, 0.05) is 18.2 Å². The molecule has 5 heteroatoms. The van der Waals surface area contributed by atoms with E-state index < -0.39 is 0 Å². The lowest BCUT2D eigenvalue weighted by atomic mass is 10.1. The van der Waals surface area contributed by atoms with Crippen molar-refractivity contribution >= 4 is 23.2 Å². The fourth-order valence-electron chi connectivity index (χ4n) is 2.60. The second-order valence-corrected chi connectivity index (χ2v) is 5.97. The molecule has 0 radical (unpaired) electrons. The van der Waals surface area contributed by atoms with Gasteiger partial charge in [0.2, 0.25) is 5.91 Å². The number of amides is 2. The minimum atomic E-state index is -0.141. The molecule has 5 nitrogen and oxygen atoms in total. The number of carbonyl (C=O) groups excluding carboxylic acids is 2. The first-order chi connectivity index (χ1) is 11.5. The lowest BCUT2D eigenvalue weighted by molar-refractivity contribution is -0.118. The van der Waals surface area contributed by atoms with Crippen LogP contribution in [-0.2, 0) is 4.79 Å². The predicted molar refractivity (Wildman–Crippen MR) is 93.8 cm³/mol. The van der Waals surface area contributed by atoms with Gasteiger partial charge in [0.25, 0.3) is 5.91 Å². The van der Waals surface area contributed by atoms with Gasteiger partial charge in [-0.05, 0) is 37.3 Å².